The first-order valence-corrected chi connectivity index (χ1v) is 5.56. The van der Waals surface area contributed by atoms with Gasteiger partial charge in [0.15, 0.2) is 0 Å². The van der Waals surface area contributed by atoms with Crippen LogP contribution in [-0.2, 0) is 4.79 Å². The molecule has 1 fully saturated rings. The van der Waals surface area contributed by atoms with Gasteiger partial charge in [-0.3, -0.25) is 4.79 Å². The van der Waals surface area contributed by atoms with Crippen LogP contribution in [0.1, 0.15) is 23.2 Å². The Hall–Kier alpha value is -2.08. The molecule has 5 N–H and O–H groups in total. The molecule has 96 valence electrons. The molecule has 2 rings (SSSR count). The number of amides is 1. The monoisotopic (exact) mass is 250 g/mol. The summed E-state index contributed by atoms with van der Waals surface area (Å²) in [6.45, 7) is 0.290. The Balaban J connectivity index is 2.13. The van der Waals surface area contributed by atoms with E-state index in [1.54, 1.807) is 0 Å². The molecular formula is C12H14N2O4. The predicted octanol–water partition coefficient (Wildman–Crippen LogP) is 0.768. The van der Waals surface area contributed by atoms with Crippen LogP contribution in [0.2, 0.25) is 0 Å². The Morgan fingerprint density at radius 3 is 2.50 bits per heavy atom. The van der Waals surface area contributed by atoms with Gasteiger partial charge < -0.3 is 21.3 Å². The Kier molecular flexibility index (Phi) is 2.96. The molecule has 18 heavy (non-hydrogen) atoms. The fourth-order valence-corrected chi connectivity index (χ4v) is 1.73. The van der Waals surface area contributed by atoms with Crippen LogP contribution in [-0.4, -0.2) is 28.6 Å². The highest BCUT2D eigenvalue weighted by Gasteiger charge is 2.48. The lowest BCUT2D eigenvalue weighted by atomic mass is 10.1. The number of benzene rings is 1. The molecule has 0 bridgehead atoms. The first kappa shape index (κ1) is 12.4. The van der Waals surface area contributed by atoms with Gasteiger partial charge >= 0.3 is 5.97 Å². The van der Waals surface area contributed by atoms with Crippen LogP contribution in [0.25, 0.3) is 0 Å². The third-order valence-electron chi connectivity index (χ3n) is 3.21. The van der Waals surface area contributed by atoms with Crippen LogP contribution in [0.15, 0.2) is 18.2 Å². The van der Waals surface area contributed by atoms with Gasteiger partial charge in [0, 0.05) is 18.3 Å². The number of nitrogens with one attached hydrogen (secondary N) is 1. The van der Waals surface area contributed by atoms with Crippen LogP contribution in [0, 0.1) is 5.41 Å². The van der Waals surface area contributed by atoms with Gasteiger partial charge in [0.2, 0.25) is 5.91 Å². The summed E-state index contributed by atoms with van der Waals surface area (Å²) in [6.07, 6.45) is 1.52. The zero-order valence-electron chi connectivity index (χ0n) is 9.64. The number of rotatable bonds is 4. The quantitative estimate of drug-likeness (QED) is 0.630. The molecule has 0 aliphatic heterocycles. The number of anilines is 1. The number of carbonyl (C=O) groups is 2. The van der Waals surface area contributed by atoms with Gasteiger partial charge in [-0.05, 0) is 25.0 Å². The molecule has 6 heteroatoms. The average Bonchev–Trinajstić information content (AvgIpc) is 3.09. The first-order chi connectivity index (χ1) is 8.48. The third-order valence-corrected chi connectivity index (χ3v) is 3.21. The summed E-state index contributed by atoms with van der Waals surface area (Å²) in [7, 11) is 0. The second kappa shape index (κ2) is 4.30. The molecule has 1 aliphatic rings. The van der Waals surface area contributed by atoms with Gasteiger partial charge in [0.25, 0.3) is 0 Å². The summed E-state index contributed by atoms with van der Waals surface area (Å²) in [5, 5.41) is 20.9. The van der Waals surface area contributed by atoms with Crippen molar-refractivity contribution in [2.24, 2.45) is 11.1 Å². The molecule has 1 saturated carbocycles. The molecule has 0 atom stereocenters. The summed E-state index contributed by atoms with van der Waals surface area (Å²) in [5.41, 5.74) is 5.21. The van der Waals surface area contributed by atoms with Crippen LogP contribution >= 0.6 is 0 Å². The van der Waals surface area contributed by atoms with Gasteiger partial charge in [-0.25, -0.2) is 4.79 Å². The molecule has 1 aromatic carbocycles. The number of hydrogen-bond donors (Lipinski definition) is 4. The molecular weight excluding hydrogens is 236 g/mol. The SMILES string of the molecule is NCC1(C(=O)Nc2ccc(C(=O)O)c(O)c2)CC1. The van der Waals surface area contributed by atoms with Crippen molar-refractivity contribution in [1.29, 1.82) is 0 Å². The number of nitrogens with two attached hydrogens (primary N) is 1. The summed E-state index contributed by atoms with van der Waals surface area (Å²) in [4.78, 5) is 22.6. The van der Waals surface area contributed by atoms with Crippen LogP contribution < -0.4 is 11.1 Å². The Morgan fingerprint density at radius 2 is 2.06 bits per heavy atom. The van der Waals surface area contributed by atoms with Gasteiger partial charge in [0.05, 0.1) is 5.41 Å². The van der Waals surface area contributed by atoms with E-state index in [0.29, 0.717) is 5.69 Å². The summed E-state index contributed by atoms with van der Waals surface area (Å²) >= 11 is 0. The highest BCUT2D eigenvalue weighted by Crippen LogP contribution is 2.45. The van der Waals surface area contributed by atoms with E-state index in [4.69, 9.17) is 10.8 Å². The molecule has 1 amide bonds. The number of aromatic carboxylic acids is 1. The normalized spacial score (nSPS) is 16.1. The van der Waals surface area contributed by atoms with E-state index in [1.165, 1.54) is 18.2 Å². The maximum Gasteiger partial charge on any atom is 0.339 e. The van der Waals surface area contributed by atoms with Gasteiger partial charge in [0.1, 0.15) is 11.3 Å². The van der Waals surface area contributed by atoms with E-state index in [1.807, 2.05) is 0 Å². The molecule has 0 spiro atoms. The molecule has 0 radical (unpaired) electrons. The van der Waals surface area contributed by atoms with Crippen LogP contribution in [0.5, 0.6) is 5.75 Å². The van der Waals surface area contributed by atoms with E-state index in [9.17, 15) is 14.7 Å². The highest BCUT2D eigenvalue weighted by molar-refractivity contribution is 5.98. The molecule has 1 aliphatic carbocycles. The van der Waals surface area contributed by atoms with E-state index < -0.39 is 11.4 Å². The minimum Gasteiger partial charge on any atom is -0.507 e. The zero-order valence-corrected chi connectivity index (χ0v) is 9.64. The standard InChI is InChI=1S/C12H14N2O4/c13-6-12(3-4-12)11(18)14-7-1-2-8(10(16)17)9(15)5-7/h1-2,5,15H,3-4,6,13H2,(H,14,18)(H,16,17). The number of carboxylic acid groups (broad SMARTS) is 1. The number of phenols is 1. The molecule has 0 heterocycles. The first-order valence-electron chi connectivity index (χ1n) is 5.56. The lowest BCUT2D eigenvalue weighted by Gasteiger charge is -2.13. The molecule has 1 aromatic rings. The van der Waals surface area contributed by atoms with Gasteiger partial charge in [-0.1, -0.05) is 0 Å². The maximum atomic E-state index is 11.9. The fraction of sp³-hybridized carbons (Fsp3) is 0.333. The van der Waals surface area contributed by atoms with Crippen molar-refractivity contribution < 1.29 is 19.8 Å². The summed E-state index contributed by atoms with van der Waals surface area (Å²) in [5.74, 6) is -1.78. The van der Waals surface area contributed by atoms with Crippen LogP contribution in [0.4, 0.5) is 5.69 Å². The second-order valence-electron chi connectivity index (χ2n) is 4.48. The number of carbonyl (C=O) groups excluding carboxylic acids is 1. The van der Waals surface area contributed by atoms with Crippen molar-refractivity contribution in [3.05, 3.63) is 23.8 Å². The minimum atomic E-state index is -1.22. The number of aromatic hydroxyl groups is 1. The molecule has 6 nitrogen and oxygen atoms in total. The van der Waals surface area contributed by atoms with Crippen molar-refractivity contribution in [2.75, 3.05) is 11.9 Å². The average molecular weight is 250 g/mol. The van der Waals surface area contributed by atoms with Crippen LogP contribution in [0.3, 0.4) is 0 Å². The zero-order chi connectivity index (χ0) is 13.3. The number of hydrogen-bond acceptors (Lipinski definition) is 4. The van der Waals surface area contributed by atoms with Crippen molar-refractivity contribution in [3.8, 4) is 5.75 Å². The minimum absolute atomic E-state index is 0.188. The van der Waals surface area contributed by atoms with Gasteiger partial charge in [-0.15, -0.1) is 0 Å². The van der Waals surface area contributed by atoms with E-state index in [-0.39, 0.29) is 23.8 Å². The largest absolute Gasteiger partial charge is 0.507 e. The van der Waals surface area contributed by atoms with E-state index in [0.717, 1.165) is 12.8 Å². The lowest BCUT2D eigenvalue weighted by molar-refractivity contribution is -0.120. The van der Waals surface area contributed by atoms with E-state index in [2.05, 4.69) is 5.32 Å². The molecule has 0 saturated heterocycles. The van der Waals surface area contributed by atoms with Crippen molar-refractivity contribution in [2.45, 2.75) is 12.8 Å². The smallest absolute Gasteiger partial charge is 0.339 e. The maximum absolute atomic E-state index is 11.9. The number of carboxylic acids is 1. The summed E-state index contributed by atoms with van der Waals surface area (Å²) in [6, 6.07) is 3.90. The van der Waals surface area contributed by atoms with Crippen molar-refractivity contribution in [3.63, 3.8) is 0 Å². The van der Waals surface area contributed by atoms with Crippen molar-refractivity contribution >= 4 is 17.6 Å². The van der Waals surface area contributed by atoms with Gasteiger partial charge in [-0.2, -0.15) is 0 Å². The highest BCUT2D eigenvalue weighted by atomic mass is 16.4. The third kappa shape index (κ3) is 2.14. The van der Waals surface area contributed by atoms with E-state index >= 15 is 0 Å². The molecule has 0 aromatic heterocycles. The topological polar surface area (TPSA) is 113 Å². The summed E-state index contributed by atoms with van der Waals surface area (Å²) < 4.78 is 0. The lowest BCUT2D eigenvalue weighted by Crippen LogP contribution is -2.30. The Labute approximate surface area is 103 Å². The predicted molar refractivity (Wildman–Crippen MR) is 64.4 cm³/mol. The second-order valence-corrected chi connectivity index (χ2v) is 4.48. The fourth-order valence-electron chi connectivity index (χ4n) is 1.73. The van der Waals surface area contributed by atoms with Crippen molar-refractivity contribution in [1.82, 2.24) is 0 Å². The molecule has 0 unspecified atom stereocenters. The Morgan fingerprint density at radius 1 is 1.39 bits per heavy atom. The Bertz CT molecular complexity index is 509.